The fraction of sp³-hybridized carbons (Fsp3) is 0.412. The number of aromatic nitrogens is 2. The third kappa shape index (κ3) is 5.19. The number of nitrogens with zero attached hydrogens (tertiary/aromatic N) is 2. The normalized spacial score (nSPS) is 10.6. The van der Waals surface area contributed by atoms with E-state index in [2.05, 4.69) is 22.2 Å². The molecule has 1 amide bonds. The number of rotatable bonds is 8. The fourth-order valence-corrected chi connectivity index (χ4v) is 2.97. The van der Waals surface area contributed by atoms with Crippen LogP contribution in [0.3, 0.4) is 0 Å². The zero-order valence-electron chi connectivity index (χ0n) is 13.9. The zero-order chi connectivity index (χ0) is 17.4. The molecule has 0 aliphatic heterocycles. The van der Waals surface area contributed by atoms with Crippen LogP contribution in [-0.2, 0) is 20.7 Å². The highest BCUT2D eigenvalue weighted by molar-refractivity contribution is 8.00. The first kappa shape index (κ1) is 18.2. The zero-order valence-corrected chi connectivity index (χ0v) is 14.7. The molecule has 128 valence electrons. The molecule has 24 heavy (non-hydrogen) atoms. The molecule has 1 N–H and O–H groups in total. The minimum Gasteiger partial charge on any atom is -0.465 e. The number of ether oxygens (including phenoxy) is 1. The van der Waals surface area contributed by atoms with Crippen molar-refractivity contribution in [2.24, 2.45) is 0 Å². The van der Waals surface area contributed by atoms with Crippen LogP contribution in [0, 0.1) is 0 Å². The number of hydrogen-bond acceptors (Lipinski definition) is 6. The highest BCUT2D eigenvalue weighted by Crippen LogP contribution is 2.25. The molecule has 7 heteroatoms. The van der Waals surface area contributed by atoms with Crippen molar-refractivity contribution in [3.8, 4) is 0 Å². The molecule has 1 aromatic carbocycles. The second-order valence-electron chi connectivity index (χ2n) is 5.08. The third-order valence-electron chi connectivity index (χ3n) is 3.16. The Morgan fingerprint density at radius 2 is 2.00 bits per heavy atom. The number of aryl methyl sites for hydroxylation is 1. The molecular weight excluding hydrogens is 326 g/mol. The van der Waals surface area contributed by atoms with E-state index in [-0.39, 0.29) is 18.2 Å². The van der Waals surface area contributed by atoms with E-state index in [4.69, 9.17) is 4.74 Å². The Morgan fingerprint density at radius 1 is 1.21 bits per heavy atom. The summed E-state index contributed by atoms with van der Waals surface area (Å²) in [7, 11) is 0. The van der Waals surface area contributed by atoms with Crippen LogP contribution in [0.5, 0.6) is 0 Å². The van der Waals surface area contributed by atoms with Gasteiger partial charge in [-0.15, -0.1) is 0 Å². The fourth-order valence-electron chi connectivity index (χ4n) is 2.11. The van der Waals surface area contributed by atoms with Crippen LogP contribution in [0.25, 0.3) is 10.9 Å². The van der Waals surface area contributed by atoms with Gasteiger partial charge in [0.15, 0.2) is 0 Å². The summed E-state index contributed by atoms with van der Waals surface area (Å²) in [6, 6.07) is 7.76. The standard InChI is InChI=1S/C17H21N3O3S/c1-3-7-14-19-13-9-6-5-8-12(13)17(20-14)24-11-15(21)18-10-16(22)23-4-2/h5-6,8-9H,3-4,7,10-11H2,1-2H3,(H,18,21). The Hall–Kier alpha value is -2.15. The molecule has 0 atom stereocenters. The van der Waals surface area contributed by atoms with Gasteiger partial charge in [-0.1, -0.05) is 36.9 Å². The van der Waals surface area contributed by atoms with Crippen LogP contribution in [0.2, 0.25) is 0 Å². The van der Waals surface area contributed by atoms with E-state index in [9.17, 15) is 9.59 Å². The van der Waals surface area contributed by atoms with Crippen molar-refractivity contribution in [2.75, 3.05) is 18.9 Å². The number of para-hydroxylation sites is 1. The maximum atomic E-state index is 11.9. The van der Waals surface area contributed by atoms with Gasteiger partial charge in [0.25, 0.3) is 0 Å². The summed E-state index contributed by atoms with van der Waals surface area (Å²) in [5, 5.41) is 4.27. The monoisotopic (exact) mass is 347 g/mol. The van der Waals surface area contributed by atoms with E-state index in [1.807, 2.05) is 24.3 Å². The van der Waals surface area contributed by atoms with Gasteiger partial charge in [-0.05, 0) is 19.4 Å². The molecule has 2 aromatic rings. The highest BCUT2D eigenvalue weighted by atomic mass is 32.2. The molecule has 0 radical (unpaired) electrons. The second kappa shape index (κ2) is 9.22. The molecule has 0 spiro atoms. The van der Waals surface area contributed by atoms with Gasteiger partial charge in [-0.2, -0.15) is 0 Å². The van der Waals surface area contributed by atoms with Crippen molar-refractivity contribution in [3.05, 3.63) is 30.1 Å². The van der Waals surface area contributed by atoms with Crippen molar-refractivity contribution in [3.63, 3.8) is 0 Å². The molecule has 2 rings (SSSR count). The molecular formula is C17H21N3O3S. The minimum absolute atomic E-state index is 0.112. The summed E-state index contributed by atoms with van der Waals surface area (Å²) in [4.78, 5) is 32.3. The first-order valence-electron chi connectivity index (χ1n) is 7.94. The van der Waals surface area contributed by atoms with Gasteiger partial charge in [-0.3, -0.25) is 9.59 Å². The van der Waals surface area contributed by atoms with Crippen LogP contribution in [0.1, 0.15) is 26.1 Å². The Kier molecular flexibility index (Phi) is 6.99. The number of thioether (sulfide) groups is 1. The number of amides is 1. The van der Waals surface area contributed by atoms with E-state index in [1.54, 1.807) is 6.92 Å². The number of carbonyl (C=O) groups excluding carboxylic acids is 2. The van der Waals surface area contributed by atoms with E-state index < -0.39 is 5.97 Å². The lowest BCUT2D eigenvalue weighted by Gasteiger charge is -2.08. The molecule has 0 aliphatic carbocycles. The Morgan fingerprint density at radius 3 is 2.75 bits per heavy atom. The molecule has 0 fully saturated rings. The topological polar surface area (TPSA) is 81.2 Å². The van der Waals surface area contributed by atoms with Gasteiger partial charge in [-0.25, -0.2) is 9.97 Å². The Balaban J connectivity index is 2.03. The molecule has 0 bridgehead atoms. The predicted octanol–water partition coefficient (Wildman–Crippen LogP) is 2.35. The minimum atomic E-state index is -0.437. The summed E-state index contributed by atoms with van der Waals surface area (Å²) in [5.74, 6) is 0.304. The van der Waals surface area contributed by atoms with Gasteiger partial charge in [0.05, 0.1) is 17.9 Å². The Bertz CT molecular complexity index is 721. The maximum absolute atomic E-state index is 11.9. The van der Waals surface area contributed by atoms with Crippen molar-refractivity contribution in [2.45, 2.75) is 31.7 Å². The average Bonchev–Trinajstić information content (AvgIpc) is 2.58. The van der Waals surface area contributed by atoms with Crippen LogP contribution in [-0.4, -0.2) is 40.7 Å². The van der Waals surface area contributed by atoms with E-state index >= 15 is 0 Å². The van der Waals surface area contributed by atoms with Crippen LogP contribution < -0.4 is 5.32 Å². The molecule has 6 nitrogen and oxygen atoms in total. The SMILES string of the molecule is CCCc1nc(SCC(=O)NCC(=O)OCC)c2ccccc2n1. The Labute approximate surface area is 145 Å². The third-order valence-corrected chi connectivity index (χ3v) is 4.15. The molecule has 0 unspecified atom stereocenters. The number of nitrogens with one attached hydrogen (secondary N) is 1. The maximum Gasteiger partial charge on any atom is 0.325 e. The highest BCUT2D eigenvalue weighted by Gasteiger charge is 2.11. The quantitative estimate of drug-likeness (QED) is 0.448. The van der Waals surface area contributed by atoms with Gasteiger partial charge >= 0.3 is 5.97 Å². The van der Waals surface area contributed by atoms with Crippen molar-refractivity contribution in [1.82, 2.24) is 15.3 Å². The van der Waals surface area contributed by atoms with Crippen molar-refractivity contribution < 1.29 is 14.3 Å². The molecule has 1 heterocycles. The lowest BCUT2D eigenvalue weighted by Crippen LogP contribution is -2.31. The van der Waals surface area contributed by atoms with Crippen molar-refractivity contribution in [1.29, 1.82) is 0 Å². The number of hydrogen-bond donors (Lipinski definition) is 1. The number of benzene rings is 1. The lowest BCUT2D eigenvalue weighted by atomic mass is 10.2. The summed E-state index contributed by atoms with van der Waals surface area (Å²) in [6.07, 6.45) is 1.76. The van der Waals surface area contributed by atoms with Crippen molar-refractivity contribution >= 4 is 34.5 Å². The van der Waals surface area contributed by atoms with E-state index in [1.165, 1.54) is 11.8 Å². The second-order valence-corrected chi connectivity index (χ2v) is 6.05. The number of fused-ring (bicyclic) bond motifs is 1. The molecule has 0 aliphatic rings. The molecule has 0 saturated heterocycles. The van der Waals surface area contributed by atoms with Gasteiger partial charge < -0.3 is 10.1 Å². The summed E-state index contributed by atoms with van der Waals surface area (Å²) < 4.78 is 4.77. The van der Waals surface area contributed by atoms with Gasteiger partial charge in [0.1, 0.15) is 17.4 Å². The largest absolute Gasteiger partial charge is 0.465 e. The van der Waals surface area contributed by atoms with E-state index in [0.717, 1.165) is 34.6 Å². The number of esters is 1. The van der Waals surface area contributed by atoms with E-state index in [0.29, 0.717) is 6.61 Å². The van der Waals surface area contributed by atoms with Gasteiger partial charge in [0, 0.05) is 11.8 Å². The van der Waals surface area contributed by atoms with Crippen LogP contribution in [0.15, 0.2) is 29.3 Å². The molecule has 0 saturated carbocycles. The summed E-state index contributed by atoms with van der Waals surface area (Å²) >= 11 is 1.35. The number of carbonyl (C=O) groups is 2. The first-order valence-corrected chi connectivity index (χ1v) is 8.93. The predicted molar refractivity (Wildman–Crippen MR) is 93.9 cm³/mol. The summed E-state index contributed by atoms with van der Waals surface area (Å²) in [6.45, 7) is 3.99. The smallest absolute Gasteiger partial charge is 0.325 e. The van der Waals surface area contributed by atoms with Crippen LogP contribution >= 0.6 is 11.8 Å². The summed E-state index contributed by atoms with van der Waals surface area (Å²) in [5.41, 5.74) is 0.880. The first-order chi connectivity index (χ1) is 11.6. The lowest BCUT2D eigenvalue weighted by molar-refractivity contribution is -0.143. The van der Waals surface area contributed by atoms with Crippen LogP contribution in [0.4, 0.5) is 0 Å². The average molecular weight is 347 g/mol. The molecule has 1 aromatic heterocycles. The van der Waals surface area contributed by atoms with Gasteiger partial charge in [0.2, 0.25) is 5.91 Å².